The number of aromatic nitrogens is 1. The number of nitrogens with zero attached hydrogens (tertiary/aromatic N) is 1. The fourth-order valence-electron chi connectivity index (χ4n) is 0.483. The van der Waals surface area contributed by atoms with Crippen molar-refractivity contribution in [1.82, 2.24) is 4.98 Å². The molecule has 0 unspecified atom stereocenters. The zero-order chi connectivity index (χ0) is 6.69. The Morgan fingerprint density at radius 3 is 2.78 bits per heavy atom. The van der Waals surface area contributed by atoms with Crippen LogP contribution < -0.4 is 0 Å². The highest BCUT2D eigenvalue weighted by atomic mass is 16.3. The Morgan fingerprint density at radius 1 is 1.56 bits per heavy atom. The van der Waals surface area contributed by atoms with Gasteiger partial charge in [-0.1, -0.05) is 0 Å². The first-order chi connectivity index (χ1) is 4.33. The highest BCUT2D eigenvalue weighted by Gasteiger charge is 1.86. The second-order valence-electron chi connectivity index (χ2n) is 1.59. The Bertz CT molecular complexity index is 205. The van der Waals surface area contributed by atoms with Gasteiger partial charge < -0.3 is 10.5 Å². The predicted octanol–water partition coefficient (Wildman–Crippen LogP) is 0.785. The molecule has 3 heteroatoms. The maximum atomic E-state index is 8.71. The topological polar surface area (TPSA) is 57.0 Å². The van der Waals surface area contributed by atoms with Crippen molar-refractivity contribution in [3.63, 3.8) is 0 Å². The van der Waals surface area contributed by atoms with Crippen LogP contribution in [0.15, 0.2) is 18.3 Å². The van der Waals surface area contributed by atoms with E-state index in [9.17, 15) is 0 Å². The monoisotopic (exact) mass is 122 g/mol. The van der Waals surface area contributed by atoms with Crippen LogP contribution in [0.2, 0.25) is 0 Å². The summed E-state index contributed by atoms with van der Waals surface area (Å²) in [4.78, 5) is 3.70. The molecule has 0 aromatic carbocycles. The molecular formula is C6H6N2O. The summed E-state index contributed by atoms with van der Waals surface area (Å²) >= 11 is 0. The van der Waals surface area contributed by atoms with Gasteiger partial charge in [0.05, 0.1) is 11.9 Å². The summed E-state index contributed by atoms with van der Waals surface area (Å²) in [5.41, 5.74) is 0.549. The maximum absolute atomic E-state index is 8.71. The second kappa shape index (κ2) is 2.26. The van der Waals surface area contributed by atoms with Crippen LogP contribution in [-0.2, 0) is 0 Å². The molecule has 3 nitrogen and oxygen atoms in total. The minimum absolute atomic E-state index is 0.126. The van der Waals surface area contributed by atoms with Crippen LogP contribution in [0.25, 0.3) is 0 Å². The lowest BCUT2D eigenvalue weighted by molar-refractivity contribution is 0.472. The van der Waals surface area contributed by atoms with Gasteiger partial charge in [-0.05, 0) is 12.1 Å². The van der Waals surface area contributed by atoms with Crippen molar-refractivity contribution < 1.29 is 5.11 Å². The van der Waals surface area contributed by atoms with Crippen molar-refractivity contribution in [3.8, 4) is 5.75 Å². The van der Waals surface area contributed by atoms with E-state index in [1.165, 1.54) is 12.3 Å². The molecule has 1 heterocycles. The first-order valence-corrected chi connectivity index (χ1v) is 2.48. The number of aromatic hydroxyl groups is 1. The molecule has 0 saturated heterocycles. The lowest BCUT2D eigenvalue weighted by Gasteiger charge is -1.89. The summed E-state index contributed by atoms with van der Waals surface area (Å²) < 4.78 is 0. The van der Waals surface area contributed by atoms with E-state index in [0.717, 1.165) is 6.21 Å². The van der Waals surface area contributed by atoms with Crippen LogP contribution in [0, 0.1) is 5.41 Å². The third-order valence-electron chi connectivity index (χ3n) is 0.919. The Hall–Kier alpha value is -1.38. The van der Waals surface area contributed by atoms with Gasteiger partial charge in [-0.25, -0.2) is 0 Å². The van der Waals surface area contributed by atoms with Crippen LogP contribution in [0.1, 0.15) is 5.69 Å². The smallest absolute Gasteiger partial charge is 0.133 e. The predicted molar refractivity (Wildman–Crippen MR) is 33.8 cm³/mol. The number of hydrogen-bond donors (Lipinski definition) is 2. The van der Waals surface area contributed by atoms with E-state index in [0.29, 0.717) is 5.69 Å². The zero-order valence-electron chi connectivity index (χ0n) is 4.70. The Labute approximate surface area is 52.5 Å². The third-order valence-corrected chi connectivity index (χ3v) is 0.919. The minimum atomic E-state index is 0.126. The summed E-state index contributed by atoms with van der Waals surface area (Å²) in [6, 6.07) is 3.07. The van der Waals surface area contributed by atoms with Crippen molar-refractivity contribution in [2.24, 2.45) is 0 Å². The summed E-state index contributed by atoms with van der Waals surface area (Å²) in [7, 11) is 0. The number of nitrogens with one attached hydrogen (secondary N) is 1. The maximum Gasteiger partial charge on any atom is 0.133 e. The van der Waals surface area contributed by atoms with Crippen LogP contribution in [0.5, 0.6) is 5.75 Å². The van der Waals surface area contributed by atoms with E-state index < -0.39 is 0 Å². The largest absolute Gasteiger partial charge is 0.506 e. The number of hydrogen-bond acceptors (Lipinski definition) is 3. The molecular weight excluding hydrogens is 116 g/mol. The molecule has 0 fully saturated rings. The van der Waals surface area contributed by atoms with E-state index >= 15 is 0 Å². The number of pyridine rings is 1. The SMILES string of the molecule is N=Cc1ccc(O)cn1. The molecule has 0 amide bonds. The molecule has 0 spiro atoms. The average Bonchev–Trinajstić information content (AvgIpc) is 1.90. The molecule has 46 valence electrons. The molecule has 2 N–H and O–H groups in total. The minimum Gasteiger partial charge on any atom is -0.506 e. The zero-order valence-corrected chi connectivity index (χ0v) is 4.70. The van der Waals surface area contributed by atoms with Gasteiger partial charge in [0, 0.05) is 6.21 Å². The van der Waals surface area contributed by atoms with E-state index in [1.54, 1.807) is 6.07 Å². The van der Waals surface area contributed by atoms with Crippen molar-refractivity contribution in [2.75, 3.05) is 0 Å². The van der Waals surface area contributed by atoms with Gasteiger partial charge in [0.25, 0.3) is 0 Å². The third kappa shape index (κ3) is 1.25. The summed E-state index contributed by atoms with van der Waals surface area (Å²) in [5, 5.41) is 15.5. The Kier molecular flexibility index (Phi) is 1.44. The van der Waals surface area contributed by atoms with E-state index in [-0.39, 0.29) is 5.75 Å². The van der Waals surface area contributed by atoms with Crippen LogP contribution in [-0.4, -0.2) is 16.3 Å². The van der Waals surface area contributed by atoms with Crippen LogP contribution in [0.3, 0.4) is 0 Å². The lowest BCUT2D eigenvalue weighted by Crippen LogP contribution is -1.82. The summed E-state index contributed by atoms with van der Waals surface area (Å²) in [6.45, 7) is 0. The molecule has 9 heavy (non-hydrogen) atoms. The quantitative estimate of drug-likeness (QED) is 0.541. The fourth-order valence-corrected chi connectivity index (χ4v) is 0.483. The first-order valence-electron chi connectivity index (χ1n) is 2.48. The van der Waals surface area contributed by atoms with Gasteiger partial charge in [-0.2, -0.15) is 0 Å². The highest BCUT2D eigenvalue weighted by molar-refractivity contribution is 5.73. The van der Waals surface area contributed by atoms with Crippen molar-refractivity contribution in [3.05, 3.63) is 24.0 Å². The van der Waals surface area contributed by atoms with E-state index in [4.69, 9.17) is 10.5 Å². The van der Waals surface area contributed by atoms with Crippen LogP contribution in [0.4, 0.5) is 0 Å². The standard InChI is InChI=1S/C6H6N2O/c7-3-5-1-2-6(9)4-8-5/h1-4,7,9H. The van der Waals surface area contributed by atoms with Crippen molar-refractivity contribution in [2.45, 2.75) is 0 Å². The fraction of sp³-hybridized carbons (Fsp3) is 0. The Morgan fingerprint density at radius 2 is 2.33 bits per heavy atom. The second-order valence-corrected chi connectivity index (χ2v) is 1.59. The Balaban J connectivity index is 3.01. The average molecular weight is 122 g/mol. The van der Waals surface area contributed by atoms with Gasteiger partial charge in [-0.15, -0.1) is 0 Å². The molecule has 0 saturated carbocycles. The molecule has 0 aliphatic rings. The summed E-state index contributed by atoms with van der Waals surface area (Å²) in [5.74, 6) is 0.126. The summed E-state index contributed by atoms with van der Waals surface area (Å²) in [6.07, 6.45) is 2.43. The highest BCUT2D eigenvalue weighted by Crippen LogP contribution is 2.03. The molecule has 0 atom stereocenters. The van der Waals surface area contributed by atoms with Gasteiger partial charge in [0.2, 0.25) is 0 Å². The number of rotatable bonds is 1. The van der Waals surface area contributed by atoms with Gasteiger partial charge in [0.15, 0.2) is 0 Å². The van der Waals surface area contributed by atoms with E-state index in [1.807, 2.05) is 0 Å². The van der Waals surface area contributed by atoms with Gasteiger partial charge in [-0.3, -0.25) is 4.98 Å². The van der Waals surface area contributed by atoms with Gasteiger partial charge >= 0.3 is 0 Å². The molecule has 1 aromatic heterocycles. The molecule has 1 aromatic rings. The van der Waals surface area contributed by atoms with Crippen molar-refractivity contribution >= 4 is 6.21 Å². The molecule has 0 aliphatic carbocycles. The first kappa shape index (κ1) is 5.75. The molecule has 0 bridgehead atoms. The normalized spacial score (nSPS) is 8.89. The van der Waals surface area contributed by atoms with Crippen LogP contribution >= 0.6 is 0 Å². The lowest BCUT2D eigenvalue weighted by atomic mass is 10.4. The molecule has 1 rings (SSSR count). The van der Waals surface area contributed by atoms with Gasteiger partial charge in [0.1, 0.15) is 5.75 Å². The van der Waals surface area contributed by atoms with E-state index in [2.05, 4.69) is 4.98 Å². The molecule has 0 radical (unpaired) electrons. The molecule has 0 aliphatic heterocycles. The van der Waals surface area contributed by atoms with Crippen molar-refractivity contribution in [1.29, 1.82) is 5.41 Å².